The summed E-state index contributed by atoms with van der Waals surface area (Å²) in [4.78, 5) is 24.4. The molecule has 0 spiro atoms. The Bertz CT molecular complexity index is 1110. The van der Waals surface area contributed by atoms with E-state index in [1.807, 2.05) is 0 Å². The standard InChI is InChI=1S/C18H18N8O3/c1-27-11-6-10(7-12(28-2)15(11)29-3)23-17-14-16(22-9-21-14)25-18(26-17)24-13-8-19-4-5-20-13/h4-9H,1-3H3,(H3,20,21,22,23,24,25,26). The molecule has 0 saturated carbocycles. The first kappa shape index (κ1) is 18.2. The molecule has 29 heavy (non-hydrogen) atoms. The van der Waals surface area contributed by atoms with E-state index in [1.165, 1.54) is 0 Å². The number of methoxy groups -OCH3 is 3. The van der Waals surface area contributed by atoms with Crippen LogP contribution in [0.15, 0.2) is 37.1 Å². The van der Waals surface area contributed by atoms with Gasteiger partial charge in [-0.25, -0.2) is 9.97 Å². The van der Waals surface area contributed by atoms with Crippen LogP contribution in [0.1, 0.15) is 0 Å². The monoisotopic (exact) mass is 394 g/mol. The lowest BCUT2D eigenvalue weighted by molar-refractivity contribution is 0.324. The van der Waals surface area contributed by atoms with Crippen LogP contribution in [-0.2, 0) is 0 Å². The van der Waals surface area contributed by atoms with Crippen molar-refractivity contribution in [3.05, 3.63) is 37.1 Å². The second kappa shape index (κ2) is 7.84. The zero-order valence-electron chi connectivity index (χ0n) is 15.9. The Balaban J connectivity index is 1.73. The number of ether oxygens (including phenoxy) is 3. The number of aromatic amines is 1. The maximum atomic E-state index is 5.41. The molecule has 11 nitrogen and oxygen atoms in total. The van der Waals surface area contributed by atoms with E-state index >= 15 is 0 Å². The molecule has 0 fully saturated rings. The molecule has 0 aliphatic rings. The Morgan fingerprint density at radius 1 is 0.897 bits per heavy atom. The number of fused-ring (bicyclic) bond motifs is 1. The predicted octanol–water partition coefficient (Wildman–Crippen LogP) is 2.66. The Morgan fingerprint density at radius 3 is 2.34 bits per heavy atom. The van der Waals surface area contributed by atoms with Crippen LogP contribution < -0.4 is 24.8 Å². The third kappa shape index (κ3) is 3.65. The first-order valence-corrected chi connectivity index (χ1v) is 8.53. The van der Waals surface area contributed by atoms with Crippen LogP contribution in [-0.4, -0.2) is 51.2 Å². The smallest absolute Gasteiger partial charge is 0.232 e. The van der Waals surface area contributed by atoms with Crippen molar-refractivity contribution >= 4 is 34.4 Å². The topological polar surface area (TPSA) is 132 Å². The number of hydrogen-bond acceptors (Lipinski definition) is 10. The van der Waals surface area contributed by atoms with E-state index in [-0.39, 0.29) is 0 Å². The molecular weight excluding hydrogens is 376 g/mol. The molecule has 0 atom stereocenters. The summed E-state index contributed by atoms with van der Waals surface area (Å²) in [5.74, 6) is 2.87. The van der Waals surface area contributed by atoms with Crippen LogP contribution in [0.2, 0.25) is 0 Å². The summed E-state index contributed by atoms with van der Waals surface area (Å²) >= 11 is 0. The molecule has 0 amide bonds. The fourth-order valence-electron chi connectivity index (χ4n) is 2.75. The lowest BCUT2D eigenvalue weighted by atomic mass is 10.2. The largest absolute Gasteiger partial charge is 0.493 e. The van der Waals surface area contributed by atoms with E-state index < -0.39 is 0 Å². The normalized spacial score (nSPS) is 10.6. The molecule has 0 aliphatic heterocycles. The number of benzene rings is 1. The molecular formula is C18H18N8O3. The van der Waals surface area contributed by atoms with E-state index in [1.54, 1.807) is 58.4 Å². The minimum atomic E-state index is 0.319. The minimum absolute atomic E-state index is 0.319. The Labute approximate surface area is 165 Å². The van der Waals surface area contributed by atoms with Crippen molar-refractivity contribution in [2.75, 3.05) is 32.0 Å². The van der Waals surface area contributed by atoms with Gasteiger partial charge in [0.05, 0.1) is 33.9 Å². The number of nitrogens with zero attached hydrogens (tertiary/aromatic N) is 5. The van der Waals surface area contributed by atoms with Crippen molar-refractivity contribution in [2.24, 2.45) is 0 Å². The number of imidazole rings is 1. The molecule has 0 aliphatic carbocycles. The van der Waals surface area contributed by atoms with Gasteiger partial charge >= 0.3 is 0 Å². The molecule has 1 aromatic carbocycles. The van der Waals surface area contributed by atoms with Crippen LogP contribution in [0, 0.1) is 0 Å². The third-order valence-electron chi connectivity index (χ3n) is 4.02. The maximum Gasteiger partial charge on any atom is 0.232 e. The fourth-order valence-corrected chi connectivity index (χ4v) is 2.75. The molecule has 0 radical (unpaired) electrons. The summed E-state index contributed by atoms with van der Waals surface area (Å²) in [6.45, 7) is 0. The van der Waals surface area contributed by atoms with Gasteiger partial charge in [-0.15, -0.1) is 0 Å². The van der Waals surface area contributed by atoms with Crippen molar-refractivity contribution in [2.45, 2.75) is 0 Å². The van der Waals surface area contributed by atoms with Crippen LogP contribution in [0.4, 0.5) is 23.3 Å². The first-order valence-electron chi connectivity index (χ1n) is 8.53. The number of aromatic nitrogens is 6. The van der Waals surface area contributed by atoms with Gasteiger partial charge in [0.25, 0.3) is 0 Å². The van der Waals surface area contributed by atoms with Gasteiger partial charge in [0.1, 0.15) is 5.52 Å². The average Bonchev–Trinajstić information content (AvgIpc) is 3.22. The van der Waals surface area contributed by atoms with Crippen LogP contribution in [0.25, 0.3) is 11.2 Å². The number of rotatable bonds is 7. The van der Waals surface area contributed by atoms with Crippen molar-refractivity contribution in [1.82, 2.24) is 29.9 Å². The van der Waals surface area contributed by atoms with Crippen LogP contribution in [0.5, 0.6) is 17.2 Å². The van der Waals surface area contributed by atoms with Gasteiger partial charge in [-0.05, 0) is 0 Å². The molecule has 0 unspecified atom stereocenters. The molecule has 148 valence electrons. The average molecular weight is 394 g/mol. The fraction of sp³-hybridized carbons (Fsp3) is 0.167. The number of nitrogens with one attached hydrogen (secondary N) is 3. The van der Waals surface area contributed by atoms with Crippen molar-refractivity contribution in [1.29, 1.82) is 0 Å². The highest BCUT2D eigenvalue weighted by Gasteiger charge is 2.16. The van der Waals surface area contributed by atoms with Crippen molar-refractivity contribution < 1.29 is 14.2 Å². The predicted molar refractivity (Wildman–Crippen MR) is 106 cm³/mol. The zero-order valence-corrected chi connectivity index (χ0v) is 15.9. The molecule has 3 heterocycles. The molecule has 3 N–H and O–H groups in total. The quantitative estimate of drug-likeness (QED) is 0.430. The van der Waals surface area contributed by atoms with E-state index in [4.69, 9.17) is 14.2 Å². The van der Waals surface area contributed by atoms with Gasteiger partial charge in [-0.3, -0.25) is 4.98 Å². The summed E-state index contributed by atoms with van der Waals surface area (Å²) in [5, 5.41) is 6.26. The highest BCUT2D eigenvalue weighted by Crippen LogP contribution is 2.40. The van der Waals surface area contributed by atoms with Crippen LogP contribution in [0.3, 0.4) is 0 Å². The summed E-state index contributed by atoms with van der Waals surface area (Å²) < 4.78 is 16.2. The Morgan fingerprint density at radius 2 is 1.69 bits per heavy atom. The van der Waals surface area contributed by atoms with E-state index in [0.717, 1.165) is 0 Å². The second-order valence-electron chi connectivity index (χ2n) is 5.75. The Hall–Kier alpha value is -4.15. The molecule has 4 aromatic rings. The molecule has 0 saturated heterocycles. The second-order valence-corrected chi connectivity index (χ2v) is 5.75. The van der Waals surface area contributed by atoms with E-state index in [2.05, 4.69) is 40.5 Å². The summed E-state index contributed by atoms with van der Waals surface area (Å²) in [7, 11) is 4.67. The third-order valence-corrected chi connectivity index (χ3v) is 4.02. The highest BCUT2D eigenvalue weighted by molar-refractivity contribution is 5.86. The summed E-state index contributed by atoms with van der Waals surface area (Å²) in [6.07, 6.45) is 6.28. The maximum absolute atomic E-state index is 5.41. The van der Waals surface area contributed by atoms with Crippen LogP contribution >= 0.6 is 0 Å². The molecule has 0 bridgehead atoms. The molecule has 11 heteroatoms. The number of anilines is 4. The number of H-pyrrole nitrogens is 1. The zero-order chi connectivity index (χ0) is 20.2. The van der Waals surface area contributed by atoms with Gasteiger partial charge in [-0.1, -0.05) is 0 Å². The van der Waals surface area contributed by atoms with Crippen molar-refractivity contribution in [3.63, 3.8) is 0 Å². The van der Waals surface area contributed by atoms with E-state index in [0.29, 0.717) is 51.7 Å². The van der Waals surface area contributed by atoms with Gasteiger partial charge in [0, 0.05) is 30.2 Å². The number of hydrogen-bond donors (Lipinski definition) is 3. The summed E-state index contributed by atoms with van der Waals surface area (Å²) in [6, 6.07) is 3.56. The van der Waals surface area contributed by atoms with Gasteiger partial charge in [0.15, 0.2) is 28.8 Å². The van der Waals surface area contributed by atoms with Gasteiger partial charge < -0.3 is 29.8 Å². The molecule has 4 rings (SSSR count). The lowest BCUT2D eigenvalue weighted by Crippen LogP contribution is -2.04. The SMILES string of the molecule is COc1cc(Nc2nc(Nc3cnccn3)nc3nc[nH]c23)cc(OC)c1OC. The van der Waals surface area contributed by atoms with Crippen molar-refractivity contribution in [3.8, 4) is 17.2 Å². The highest BCUT2D eigenvalue weighted by atomic mass is 16.5. The summed E-state index contributed by atoms with van der Waals surface area (Å²) in [5.41, 5.74) is 1.81. The van der Waals surface area contributed by atoms with E-state index in [9.17, 15) is 0 Å². The van der Waals surface area contributed by atoms with Gasteiger partial charge in [-0.2, -0.15) is 9.97 Å². The Kier molecular flexibility index (Phi) is 4.93. The lowest BCUT2D eigenvalue weighted by Gasteiger charge is -2.15. The molecule has 3 aromatic heterocycles. The van der Waals surface area contributed by atoms with Gasteiger partial charge in [0.2, 0.25) is 11.7 Å². The minimum Gasteiger partial charge on any atom is -0.493 e. The first-order chi connectivity index (χ1) is 14.2.